The first-order valence-electron chi connectivity index (χ1n) is 10.1. The number of carbonyl (C=O) groups excluding carboxylic acids is 1. The number of fused-ring (bicyclic) bond motifs is 3. The molecule has 2 aliphatic heterocycles. The van der Waals surface area contributed by atoms with Gasteiger partial charge in [0, 0.05) is 49.2 Å². The molecule has 2 aliphatic rings. The first-order chi connectivity index (χ1) is 14.2. The van der Waals surface area contributed by atoms with Gasteiger partial charge in [0.15, 0.2) is 0 Å². The van der Waals surface area contributed by atoms with E-state index in [4.69, 9.17) is 0 Å². The van der Waals surface area contributed by atoms with Crippen LogP contribution in [0.15, 0.2) is 18.2 Å². The molecule has 2 N–H and O–H groups in total. The highest BCUT2D eigenvalue weighted by molar-refractivity contribution is 5.89. The maximum absolute atomic E-state index is 14.9. The number of alkyl halides is 2. The van der Waals surface area contributed by atoms with Crippen LogP contribution in [0.1, 0.15) is 42.3 Å². The van der Waals surface area contributed by atoms with Gasteiger partial charge in [0.25, 0.3) is 5.92 Å². The van der Waals surface area contributed by atoms with Crippen LogP contribution >= 0.6 is 0 Å². The third-order valence-corrected chi connectivity index (χ3v) is 6.06. The van der Waals surface area contributed by atoms with Crippen molar-refractivity contribution in [3.8, 4) is 0 Å². The predicted molar refractivity (Wildman–Crippen MR) is 105 cm³/mol. The van der Waals surface area contributed by atoms with Crippen LogP contribution in [0.4, 0.5) is 23.7 Å². The van der Waals surface area contributed by atoms with Crippen molar-refractivity contribution in [1.82, 2.24) is 14.7 Å². The van der Waals surface area contributed by atoms with Gasteiger partial charge in [0.05, 0.1) is 12.2 Å². The number of nitrogens with one attached hydrogen (secondary N) is 1. The van der Waals surface area contributed by atoms with E-state index in [1.807, 2.05) is 6.92 Å². The summed E-state index contributed by atoms with van der Waals surface area (Å²) in [7, 11) is 0. The summed E-state index contributed by atoms with van der Waals surface area (Å²) in [4.78, 5) is 14.4. The average molecular weight is 422 g/mol. The first kappa shape index (κ1) is 20.7. The summed E-state index contributed by atoms with van der Waals surface area (Å²) >= 11 is 0. The Morgan fingerprint density at radius 3 is 2.87 bits per heavy atom. The lowest BCUT2D eigenvalue weighted by molar-refractivity contribution is -0.0227. The largest absolute Gasteiger partial charge is 0.396 e. The van der Waals surface area contributed by atoms with Gasteiger partial charge in [-0.1, -0.05) is 0 Å². The van der Waals surface area contributed by atoms with Gasteiger partial charge < -0.3 is 15.3 Å². The zero-order valence-electron chi connectivity index (χ0n) is 17.0. The molecule has 0 saturated heterocycles. The molecular weight excluding hydrogens is 397 g/mol. The summed E-state index contributed by atoms with van der Waals surface area (Å²) in [6, 6.07) is 3.61. The highest BCUT2D eigenvalue weighted by Crippen LogP contribution is 2.42. The van der Waals surface area contributed by atoms with Crippen LogP contribution in [-0.4, -0.2) is 38.5 Å². The summed E-state index contributed by atoms with van der Waals surface area (Å²) in [6.45, 7) is 3.55. The van der Waals surface area contributed by atoms with E-state index in [0.29, 0.717) is 28.9 Å². The number of hydrogen-bond donors (Lipinski definition) is 2. The second-order valence-electron chi connectivity index (χ2n) is 8.32. The molecule has 0 fully saturated rings. The summed E-state index contributed by atoms with van der Waals surface area (Å²) in [5, 5.41) is 16.6. The first-order valence-corrected chi connectivity index (χ1v) is 10.1. The van der Waals surface area contributed by atoms with Crippen molar-refractivity contribution in [2.75, 3.05) is 11.9 Å². The average Bonchev–Trinajstić information content (AvgIpc) is 2.98. The SMILES string of the molecule is Cc1cc(NC(=O)N2Cc3c(nn4c3C(F)(F)CC[C@H](CO)C4)C[C@H]2C)ccc1F. The number of carbonyl (C=O) groups is 1. The molecule has 6 nitrogen and oxygen atoms in total. The number of anilines is 1. The number of urea groups is 1. The second-order valence-corrected chi connectivity index (χ2v) is 8.32. The van der Waals surface area contributed by atoms with Gasteiger partial charge in [-0.15, -0.1) is 0 Å². The van der Waals surface area contributed by atoms with Gasteiger partial charge in [-0.3, -0.25) is 4.68 Å². The fourth-order valence-electron chi connectivity index (χ4n) is 4.31. The third-order valence-electron chi connectivity index (χ3n) is 6.06. The number of amides is 2. The predicted octanol–water partition coefficient (Wildman–Crippen LogP) is 3.80. The van der Waals surface area contributed by atoms with Crippen LogP contribution in [-0.2, 0) is 25.4 Å². The molecule has 30 heavy (non-hydrogen) atoms. The van der Waals surface area contributed by atoms with Crippen molar-refractivity contribution in [2.45, 2.75) is 58.2 Å². The Bertz CT molecular complexity index is 975. The van der Waals surface area contributed by atoms with E-state index < -0.39 is 12.0 Å². The maximum Gasteiger partial charge on any atom is 0.322 e. The number of aliphatic hydroxyl groups excluding tert-OH is 1. The Balaban J connectivity index is 1.62. The number of benzene rings is 1. The van der Waals surface area contributed by atoms with Gasteiger partial charge in [0.1, 0.15) is 11.5 Å². The summed E-state index contributed by atoms with van der Waals surface area (Å²) < 4.78 is 44.7. The van der Waals surface area contributed by atoms with Crippen LogP contribution in [0.5, 0.6) is 0 Å². The molecule has 3 heterocycles. The number of rotatable bonds is 2. The molecule has 162 valence electrons. The van der Waals surface area contributed by atoms with Crippen molar-refractivity contribution in [3.05, 3.63) is 46.5 Å². The van der Waals surface area contributed by atoms with Crippen LogP contribution < -0.4 is 5.32 Å². The lowest BCUT2D eigenvalue weighted by Crippen LogP contribution is -2.45. The van der Waals surface area contributed by atoms with E-state index in [1.165, 1.54) is 27.8 Å². The van der Waals surface area contributed by atoms with Crippen molar-refractivity contribution < 1.29 is 23.1 Å². The minimum atomic E-state index is -3.07. The van der Waals surface area contributed by atoms with E-state index >= 15 is 0 Å². The number of halogens is 3. The molecule has 0 spiro atoms. The molecule has 0 saturated carbocycles. The number of aromatic nitrogens is 2. The zero-order chi connectivity index (χ0) is 21.6. The fourth-order valence-corrected chi connectivity index (χ4v) is 4.31. The molecule has 2 aromatic rings. The fraction of sp³-hybridized carbons (Fsp3) is 0.524. The van der Waals surface area contributed by atoms with Crippen molar-refractivity contribution >= 4 is 11.7 Å². The molecule has 2 atom stereocenters. The highest BCUT2D eigenvalue weighted by Gasteiger charge is 2.44. The van der Waals surface area contributed by atoms with Crippen molar-refractivity contribution in [3.63, 3.8) is 0 Å². The van der Waals surface area contributed by atoms with Gasteiger partial charge >= 0.3 is 6.03 Å². The van der Waals surface area contributed by atoms with Gasteiger partial charge in [0.2, 0.25) is 0 Å². The molecule has 0 bridgehead atoms. The van der Waals surface area contributed by atoms with E-state index in [1.54, 1.807) is 6.92 Å². The molecule has 2 amide bonds. The van der Waals surface area contributed by atoms with Gasteiger partial charge in [-0.05, 0) is 44.0 Å². The third kappa shape index (κ3) is 3.66. The van der Waals surface area contributed by atoms with Crippen LogP contribution in [0.25, 0.3) is 0 Å². The Hall–Kier alpha value is -2.55. The maximum atomic E-state index is 14.9. The molecule has 0 aliphatic carbocycles. The number of nitrogens with zero attached hydrogens (tertiary/aromatic N) is 3. The molecule has 0 unspecified atom stereocenters. The Kier molecular flexibility index (Phi) is 5.25. The Morgan fingerprint density at radius 1 is 1.40 bits per heavy atom. The molecular formula is C21H25F3N4O2. The van der Waals surface area contributed by atoms with E-state index in [2.05, 4.69) is 10.4 Å². The lowest BCUT2D eigenvalue weighted by Gasteiger charge is -2.33. The van der Waals surface area contributed by atoms with Gasteiger partial charge in [-0.25, -0.2) is 9.18 Å². The summed E-state index contributed by atoms with van der Waals surface area (Å²) in [5.74, 6) is -3.70. The zero-order valence-corrected chi connectivity index (χ0v) is 17.0. The summed E-state index contributed by atoms with van der Waals surface area (Å²) in [5.41, 5.74) is 1.68. The van der Waals surface area contributed by atoms with E-state index in [0.717, 1.165) is 0 Å². The highest BCUT2D eigenvalue weighted by atomic mass is 19.3. The number of aliphatic hydroxyl groups is 1. The van der Waals surface area contributed by atoms with Crippen LogP contribution in [0.3, 0.4) is 0 Å². The van der Waals surface area contributed by atoms with Crippen molar-refractivity contribution in [1.29, 1.82) is 0 Å². The number of aryl methyl sites for hydroxylation is 1. The van der Waals surface area contributed by atoms with Crippen LogP contribution in [0.2, 0.25) is 0 Å². The van der Waals surface area contributed by atoms with Gasteiger partial charge in [-0.2, -0.15) is 13.9 Å². The molecule has 0 radical (unpaired) electrons. The van der Waals surface area contributed by atoms with E-state index in [-0.39, 0.29) is 56.0 Å². The topological polar surface area (TPSA) is 70.4 Å². The lowest BCUT2D eigenvalue weighted by atomic mass is 9.96. The molecule has 1 aromatic carbocycles. The number of hydrogen-bond acceptors (Lipinski definition) is 3. The second kappa shape index (κ2) is 7.61. The minimum absolute atomic E-state index is 0.0250. The summed E-state index contributed by atoms with van der Waals surface area (Å²) in [6.07, 6.45) is 0.226. The monoisotopic (exact) mass is 422 g/mol. The molecule has 4 rings (SSSR count). The minimum Gasteiger partial charge on any atom is -0.396 e. The molecule has 9 heteroatoms. The quantitative estimate of drug-likeness (QED) is 0.773. The Labute approximate surface area is 172 Å². The van der Waals surface area contributed by atoms with Crippen LogP contribution in [0, 0.1) is 18.7 Å². The smallest absolute Gasteiger partial charge is 0.322 e. The molecule has 1 aromatic heterocycles. The normalized spacial score (nSPS) is 22.8. The standard InChI is InChI=1S/C21H25F3N4O2/c1-12-7-15(3-4-17(12)22)25-20(30)27-10-16-18(8-13(27)2)26-28-9-14(11-29)5-6-21(23,24)19(16)28/h3-4,7,13-14,29H,5-6,8-11H2,1-2H3,(H,25,30)/t13-,14+/m1/s1. The van der Waals surface area contributed by atoms with Crippen molar-refractivity contribution in [2.24, 2.45) is 5.92 Å². The van der Waals surface area contributed by atoms with E-state index in [9.17, 15) is 23.1 Å². The Morgan fingerprint density at radius 2 is 2.17 bits per heavy atom.